The van der Waals surface area contributed by atoms with Gasteiger partial charge in [-0.1, -0.05) is 44.7 Å². The molecule has 26 heavy (non-hydrogen) atoms. The van der Waals surface area contributed by atoms with E-state index in [0.717, 1.165) is 12.0 Å². The van der Waals surface area contributed by atoms with Gasteiger partial charge in [0.05, 0.1) is 12.6 Å². The highest BCUT2D eigenvalue weighted by molar-refractivity contribution is 5.83. The molecule has 0 aliphatic rings. The van der Waals surface area contributed by atoms with Gasteiger partial charge in [0.15, 0.2) is 0 Å². The van der Waals surface area contributed by atoms with Gasteiger partial charge in [-0.3, -0.25) is 14.9 Å². The summed E-state index contributed by atoms with van der Waals surface area (Å²) < 4.78 is 5.19. The molecule has 0 aromatic heterocycles. The number of esters is 1. The Hall–Kier alpha value is -1.88. The summed E-state index contributed by atoms with van der Waals surface area (Å²) in [7, 11) is 0. The van der Waals surface area contributed by atoms with E-state index in [1.807, 2.05) is 56.0 Å². The Balaban J connectivity index is 0.00000625. The van der Waals surface area contributed by atoms with Crippen LogP contribution in [0.15, 0.2) is 30.3 Å². The number of hydrogen-bond donors (Lipinski definition) is 1. The molecule has 1 unspecified atom stereocenters. The number of carbonyl (C=O) groups excluding carboxylic acids is 2. The van der Waals surface area contributed by atoms with Crippen LogP contribution < -0.4 is 5.32 Å². The van der Waals surface area contributed by atoms with Crippen molar-refractivity contribution in [3.05, 3.63) is 35.9 Å². The molecule has 0 heterocycles. The van der Waals surface area contributed by atoms with E-state index in [1.54, 1.807) is 6.92 Å². The monoisotopic (exact) mass is 364 g/mol. The average Bonchev–Trinajstić information content (AvgIpc) is 2.59. The molecule has 1 rings (SSSR count). The zero-order chi connectivity index (χ0) is 18.8. The number of nitrogens with one attached hydrogen (secondary N) is 1. The SMILES string of the molecule is C.CCCN(C(=O)[C@@H](C)NC(Cc1ccccc1)C(=O)OCC)C(C)C. The molecule has 0 bridgehead atoms. The summed E-state index contributed by atoms with van der Waals surface area (Å²) in [5.41, 5.74) is 1.03. The first-order valence-electron chi connectivity index (χ1n) is 9.17. The van der Waals surface area contributed by atoms with Gasteiger partial charge in [0.2, 0.25) is 5.91 Å². The van der Waals surface area contributed by atoms with E-state index in [9.17, 15) is 9.59 Å². The molecule has 0 spiro atoms. The molecule has 0 saturated carbocycles. The van der Waals surface area contributed by atoms with Crippen LogP contribution in [0.3, 0.4) is 0 Å². The summed E-state index contributed by atoms with van der Waals surface area (Å²) in [5.74, 6) is -0.309. The van der Waals surface area contributed by atoms with Gasteiger partial charge in [0.1, 0.15) is 6.04 Å². The summed E-state index contributed by atoms with van der Waals surface area (Å²) in [6, 6.07) is 8.89. The van der Waals surface area contributed by atoms with Gasteiger partial charge >= 0.3 is 5.97 Å². The molecule has 0 aliphatic carbocycles. The van der Waals surface area contributed by atoms with E-state index in [1.165, 1.54) is 0 Å². The molecule has 1 aromatic rings. The summed E-state index contributed by atoms with van der Waals surface area (Å²) in [5, 5.41) is 3.18. The minimum absolute atomic E-state index is 0. The second-order valence-electron chi connectivity index (χ2n) is 6.51. The molecular weight excluding hydrogens is 328 g/mol. The Kier molecular flexibility index (Phi) is 11.6. The lowest BCUT2D eigenvalue weighted by Crippen LogP contribution is -2.53. The maximum Gasteiger partial charge on any atom is 0.323 e. The molecular formula is C21H36N2O3. The Morgan fingerprint density at radius 1 is 1.12 bits per heavy atom. The third-order valence-electron chi connectivity index (χ3n) is 4.05. The van der Waals surface area contributed by atoms with Crippen molar-refractivity contribution in [3.63, 3.8) is 0 Å². The van der Waals surface area contributed by atoms with Crippen LogP contribution in [0.2, 0.25) is 0 Å². The van der Waals surface area contributed by atoms with Crippen LogP contribution in [-0.2, 0) is 20.7 Å². The van der Waals surface area contributed by atoms with Crippen LogP contribution >= 0.6 is 0 Å². The Labute approximate surface area is 159 Å². The number of benzene rings is 1. The van der Waals surface area contributed by atoms with Crippen molar-refractivity contribution in [2.75, 3.05) is 13.2 Å². The lowest BCUT2D eigenvalue weighted by Gasteiger charge is -2.31. The van der Waals surface area contributed by atoms with Crippen molar-refractivity contribution in [2.24, 2.45) is 0 Å². The summed E-state index contributed by atoms with van der Waals surface area (Å²) in [4.78, 5) is 26.9. The van der Waals surface area contributed by atoms with Gasteiger partial charge in [-0.15, -0.1) is 0 Å². The van der Waals surface area contributed by atoms with Crippen molar-refractivity contribution in [2.45, 2.75) is 73.0 Å². The first-order chi connectivity index (χ1) is 11.9. The Morgan fingerprint density at radius 3 is 2.23 bits per heavy atom. The van der Waals surface area contributed by atoms with Crippen molar-refractivity contribution in [1.29, 1.82) is 0 Å². The quantitative estimate of drug-likeness (QED) is 0.646. The van der Waals surface area contributed by atoms with E-state index < -0.39 is 12.1 Å². The highest BCUT2D eigenvalue weighted by Gasteiger charge is 2.28. The second-order valence-corrected chi connectivity index (χ2v) is 6.51. The van der Waals surface area contributed by atoms with Gasteiger partial charge in [-0.2, -0.15) is 0 Å². The fourth-order valence-electron chi connectivity index (χ4n) is 2.79. The topological polar surface area (TPSA) is 58.6 Å². The van der Waals surface area contributed by atoms with Crippen molar-refractivity contribution in [1.82, 2.24) is 10.2 Å². The summed E-state index contributed by atoms with van der Waals surface area (Å²) >= 11 is 0. The van der Waals surface area contributed by atoms with E-state index in [0.29, 0.717) is 19.6 Å². The number of ether oxygens (including phenoxy) is 1. The number of nitrogens with zero attached hydrogens (tertiary/aromatic N) is 1. The molecule has 0 saturated heterocycles. The molecule has 1 aromatic carbocycles. The fourth-order valence-corrected chi connectivity index (χ4v) is 2.79. The van der Waals surface area contributed by atoms with Crippen LogP contribution in [0, 0.1) is 0 Å². The zero-order valence-electron chi connectivity index (χ0n) is 16.1. The first-order valence-corrected chi connectivity index (χ1v) is 9.17. The predicted octanol–water partition coefficient (Wildman–Crippen LogP) is 3.42. The molecule has 5 nitrogen and oxygen atoms in total. The molecule has 0 fully saturated rings. The first kappa shape index (κ1) is 24.1. The van der Waals surface area contributed by atoms with Crippen LogP contribution in [0.4, 0.5) is 0 Å². The molecule has 2 atom stereocenters. The number of amides is 1. The highest BCUT2D eigenvalue weighted by Crippen LogP contribution is 2.08. The molecule has 1 amide bonds. The molecule has 0 radical (unpaired) electrons. The minimum Gasteiger partial charge on any atom is -0.465 e. The van der Waals surface area contributed by atoms with E-state index in [4.69, 9.17) is 4.74 Å². The standard InChI is InChI=1S/C20H32N2O3.CH4/c1-6-13-22(15(3)4)19(23)16(5)21-18(20(24)25-7-2)14-17-11-9-8-10-12-17;/h8-12,15-16,18,21H,6-7,13-14H2,1-5H3;1H4/t16-,18?;/m1./s1. The largest absolute Gasteiger partial charge is 0.465 e. The van der Waals surface area contributed by atoms with Crippen LogP contribution in [0.5, 0.6) is 0 Å². The van der Waals surface area contributed by atoms with Crippen LogP contribution in [0.25, 0.3) is 0 Å². The average molecular weight is 365 g/mol. The van der Waals surface area contributed by atoms with Gasteiger partial charge < -0.3 is 9.64 Å². The lowest BCUT2D eigenvalue weighted by molar-refractivity contribution is -0.146. The smallest absolute Gasteiger partial charge is 0.323 e. The van der Waals surface area contributed by atoms with E-state index in [2.05, 4.69) is 12.2 Å². The van der Waals surface area contributed by atoms with E-state index >= 15 is 0 Å². The molecule has 1 N–H and O–H groups in total. The molecule has 5 heteroatoms. The van der Waals surface area contributed by atoms with Gasteiger partial charge in [0, 0.05) is 12.6 Å². The van der Waals surface area contributed by atoms with Gasteiger partial charge in [-0.05, 0) is 46.1 Å². The maximum atomic E-state index is 12.8. The third kappa shape index (κ3) is 7.56. The lowest BCUT2D eigenvalue weighted by atomic mass is 10.0. The second kappa shape index (κ2) is 12.5. The summed E-state index contributed by atoms with van der Waals surface area (Å²) in [6.07, 6.45) is 1.40. The Morgan fingerprint density at radius 2 is 1.73 bits per heavy atom. The predicted molar refractivity (Wildman–Crippen MR) is 107 cm³/mol. The van der Waals surface area contributed by atoms with Crippen molar-refractivity contribution < 1.29 is 14.3 Å². The highest BCUT2D eigenvalue weighted by atomic mass is 16.5. The summed E-state index contributed by atoms with van der Waals surface area (Å²) in [6.45, 7) is 10.7. The van der Waals surface area contributed by atoms with Gasteiger partial charge in [-0.25, -0.2) is 0 Å². The fraction of sp³-hybridized carbons (Fsp3) is 0.619. The zero-order valence-corrected chi connectivity index (χ0v) is 16.1. The van der Waals surface area contributed by atoms with Crippen LogP contribution in [-0.4, -0.2) is 48.1 Å². The number of carbonyl (C=O) groups is 2. The number of rotatable bonds is 10. The number of hydrogen-bond acceptors (Lipinski definition) is 4. The van der Waals surface area contributed by atoms with Crippen molar-refractivity contribution >= 4 is 11.9 Å². The maximum absolute atomic E-state index is 12.8. The molecule has 0 aliphatic heterocycles. The van der Waals surface area contributed by atoms with E-state index in [-0.39, 0.29) is 25.3 Å². The van der Waals surface area contributed by atoms with Gasteiger partial charge in [0.25, 0.3) is 0 Å². The van der Waals surface area contributed by atoms with Crippen LogP contribution in [0.1, 0.15) is 54.0 Å². The normalized spacial score (nSPS) is 12.8. The minimum atomic E-state index is -0.545. The Bertz CT molecular complexity index is 531. The van der Waals surface area contributed by atoms with Crippen molar-refractivity contribution in [3.8, 4) is 0 Å². The molecule has 148 valence electrons. The third-order valence-corrected chi connectivity index (χ3v) is 4.05.